The second kappa shape index (κ2) is 4.70. The number of anilines is 1. The van der Waals surface area contributed by atoms with E-state index in [-0.39, 0.29) is 11.1 Å². The van der Waals surface area contributed by atoms with Crippen LogP contribution in [-0.4, -0.2) is 29.5 Å². The van der Waals surface area contributed by atoms with E-state index in [0.29, 0.717) is 17.4 Å². The number of halogens is 1. The summed E-state index contributed by atoms with van der Waals surface area (Å²) in [5, 5.41) is 10.9. The highest BCUT2D eigenvalue weighted by molar-refractivity contribution is 6.33. The molecule has 0 aliphatic carbocycles. The van der Waals surface area contributed by atoms with Crippen LogP contribution in [0.1, 0.15) is 13.3 Å². The van der Waals surface area contributed by atoms with Crippen molar-refractivity contribution in [3.63, 3.8) is 0 Å². The number of nitro groups is 1. The maximum absolute atomic E-state index is 10.6. The lowest BCUT2D eigenvalue weighted by Crippen LogP contribution is -2.31. The zero-order valence-electron chi connectivity index (χ0n) is 10.1. The summed E-state index contributed by atoms with van der Waals surface area (Å²) in [5.41, 5.74) is 5.71. The summed E-state index contributed by atoms with van der Waals surface area (Å²) in [6.45, 7) is 4.31. The lowest BCUT2D eigenvalue weighted by atomic mass is 9.90. The number of hydrogen-bond donors (Lipinski definition) is 1. The first kappa shape index (κ1) is 13.0. The van der Waals surface area contributed by atoms with Gasteiger partial charge in [-0.2, -0.15) is 0 Å². The smallest absolute Gasteiger partial charge is 0.289 e. The Bertz CT molecular complexity index is 482. The van der Waals surface area contributed by atoms with Gasteiger partial charge in [-0.3, -0.25) is 10.1 Å². The maximum atomic E-state index is 10.6. The molecule has 1 aliphatic heterocycles. The molecule has 98 valence electrons. The largest absolute Gasteiger partial charge is 0.355 e. The molecule has 1 aromatic heterocycles. The molecule has 1 atom stereocenters. The Labute approximate surface area is 110 Å². The van der Waals surface area contributed by atoms with Gasteiger partial charge in [0.15, 0.2) is 0 Å². The molecule has 0 saturated carbocycles. The molecule has 7 heteroatoms. The van der Waals surface area contributed by atoms with Crippen molar-refractivity contribution in [2.45, 2.75) is 13.3 Å². The molecule has 0 radical (unpaired) electrons. The summed E-state index contributed by atoms with van der Waals surface area (Å²) >= 11 is 6.05. The van der Waals surface area contributed by atoms with Crippen molar-refractivity contribution in [1.29, 1.82) is 0 Å². The van der Waals surface area contributed by atoms with E-state index in [0.717, 1.165) is 19.5 Å². The molecular weight excluding hydrogens is 256 g/mol. The third-order valence-corrected chi connectivity index (χ3v) is 3.65. The van der Waals surface area contributed by atoms with Crippen LogP contribution in [0, 0.1) is 15.5 Å². The second-order valence-corrected chi connectivity index (χ2v) is 5.35. The van der Waals surface area contributed by atoms with E-state index < -0.39 is 4.92 Å². The van der Waals surface area contributed by atoms with Crippen LogP contribution in [0.2, 0.25) is 5.02 Å². The lowest BCUT2D eigenvalue weighted by Gasteiger charge is -2.23. The fourth-order valence-electron chi connectivity index (χ4n) is 2.12. The fourth-order valence-corrected chi connectivity index (χ4v) is 2.40. The SMILES string of the molecule is CC1(CN)CCN(c2ncc([N+](=O)[O-])cc2Cl)C1. The summed E-state index contributed by atoms with van der Waals surface area (Å²) in [7, 11) is 0. The van der Waals surface area contributed by atoms with Gasteiger partial charge in [-0.05, 0) is 18.4 Å². The molecule has 2 N–H and O–H groups in total. The van der Waals surface area contributed by atoms with E-state index in [1.807, 2.05) is 4.90 Å². The molecular formula is C11H15ClN4O2. The van der Waals surface area contributed by atoms with Crippen LogP contribution in [0.15, 0.2) is 12.3 Å². The van der Waals surface area contributed by atoms with Gasteiger partial charge in [-0.25, -0.2) is 4.98 Å². The number of rotatable bonds is 3. The van der Waals surface area contributed by atoms with Crippen LogP contribution >= 0.6 is 11.6 Å². The minimum Gasteiger partial charge on any atom is -0.355 e. The lowest BCUT2D eigenvalue weighted by molar-refractivity contribution is -0.385. The van der Waals surface area contributed by atoms with Gasteiger partial charge in [-0.1, -0.05) is 18.5 Å². The predicted octanol–water partition coefficient (Wildman–Crippen LogP) is 1.82. The summed E-state index contributed by atoms with van der Waals surface area (Å²) < 4.78 is 0. The first-order chi connectivity index (χ1) is 8.45. The van der Waals surface area contributed by atoms with Crippen molar-refractivity contribution in [2.75, 3.05) is 24.5 Å². The molecule has 1 saturated heterocycles. The number of hydrogen-bond acceptors (Lipinski definition) is 5. The Morgan fingerprint density at radius 3 is 2.94 bits per heavy atom. The minimum atomic E-state index is -0.503. The molecule has 0 aromatic carbocycles. The fraction of sp³-hybridized carbons (Fsp3) is 0.545. The molecule has 0 spiro atoms. The van der Waals surface area contributed by atoms with Crippen LogP contribution in [0.5, 0.6) is 0 Å². The summed E-state index contributed by atoms with van der Waals surface area (Å²) in [6, 6.07) is 1.34. The first-order valence-electron chi connectivity index (χ1n) is 5.70. The average molecular weight is 271 g/mol. The molecule has 18 heavy (non-hydrogen) atoms. The van der Waals surface area contributed by atoms with E-state index in [2.05, 4.69) is 11.9 Å². The van der Waals surface area contributed by atoms with E-state index in [4.69, 9.17) is 17.3 Å². The summed E-state index contributed by atoms with van der Waals surface area (Å²) in [4.78, 5) is 16.2. The van der Waals surface area contributed by atoms with Crippen molar-refractivity contribution in [3.05, 3.63) is 27.4 Å². The van der Waals surface area contributed by atoms with E-state index in [9.17, 15) is 10.1 Å². The highest BCUT2D eigenvalue weighted by atomic mass is 35.5. The van der Waals surface area contributed by atoms with Gasteiger partial charge in [0.05, 0.1) is 9.95 Å². The molecule has 0 bridgehead atoms. The van der Waals surface area contributed by atoms with Gasteiger partial charge in [-0.15, -0.1) is 0 Å². The standard InChI is InChI=1S/C11H15ClN4O2/c1-11(6-13)2-3-15(7-11)10-9(12)4-8(5-14-10)16(17)18/h4-5H,2-3,6-7,13H2,1H3. The molecule has 6 nitrogen and oxygen atoms in total. The van der Waals surface area contributed by atoms with Crippen molar-refractivity contribution in [3.8, 4) is 0 Å². The van der Waals surface area contributed by atoms with Crippen molar-refractivity contribution in [1.82, 2.24) is 4.98 Å². The Morgan fingerprint density at radius 2 is 2.44 bits per heavy atom. The van der Waals surface area contributed by atoms with Crippen LogP contribution in [0.4, 0.5) is 11.5 Å². The number of pyridine rings is 1. The van der Waals surface area contributed by atoms with Crippen LogP contribution in [0.3, 0.4) is 0 Å². The van der Waals surface area contributed by atoms with Crippen LogP contribution in [0.25, 0.3) is 0 Å². The third-order valence-electron chi connectivity index (χ3n) is 3.37. The highest BCUT2D eigenvalue weighted by Crippen LogP contribution is 2.35. The first-order valence-corrected chi connectivity index (χ1v) is 6.08. The van der Waals surface area contributed by atoms with Gasteiger partial charge in [0, 0.05) is 19.2 Å². The maximum Gasteiger partial charge on any atom is 0.289 e. The van der Waals surface area contributed by atoms with E-state index in [1.54, 1.807) is 0 Å². The molecule has 1 unspecified atom stereocenters. The quantitative estimate of drug-likeness (QED) is 0.669. The predicted molar refractivity (Wildman–Crippen MR) is 69.9 cm³/mol. The van der Waals surface area contributed by atoms with Crippen molar-refractivity contribution in [2.24, 2.45) is 11.1 Å². The Kier molecular flexibility index (Phi) is 3.41. The molecule has 1 fully saturated rings. The van der Waals surface area contributed by atoms with Gasteiger partial charge < -0.3 is 10.6 Å². The normalized spacial score (nSPS) is 23.4. The summed E-state index contributed by atoms with van der Waals surface area (Å²) in [6.07, 6.45) is 2.21. The van der Waals surface area contributed by atoms with Gasteiger partial charge in [0.1, 0.15) is 12.0 Å². The zero-order valence-corrected chi connectivity index (χ0v) is 10.9. The summed E-state index contributed by atoms with van der Waals surface area (Å²) in [5.74, 6) is 0.597. The highest BCUT2D eigenvalue weighted by Gasteiger charge is 2.34. The number of aromatic nitrogens is 1. The van der Waals surface area contributed by atoms with E-state index >= 15 is 0 Å². The van der Waals surface area contributed by atoms with Crippen molar-refractivity contribution < 1.29 is 4.92 Å². The zero-order chi connectivity index (χ0) is 13.3. The molecule has 2 heterocycles. The van der Waals surface area contributed by atoms with Crippen LogP contribution in [-0.2, 0) is 0 Å². The molecule has 0 amide bonds. The minimum absolute atomic E-state index is 0.0623. The van der Waals surface area contributed by atoms with Gasteiger partial charge >= 0.3 is 0 Å². The average Bonchev–Trinajstić information content (AvgIpc) is 2.72. The molecule has 1 aliphatic rings. The number of nitrogens with two attached hydrogens (primary N) is 1. The monoisotopic (exact) mass is 270 g/mol. The molecule has 1 aromatic rings. The number of nitrogens with zero attached hydrogens (tertiary/aromatic N) is 3. The Balaban J connectivity index is 2.23. The Morgan fingerprint density at radius 1 is 1.72 bits per heavy atom. The van der Waals surface area contributed by atoms with Crippen molar-refractivity contribution >= 4 is 23.1 Å². The van der Waals surface area contributed by atoms with Gasteiger partial charge in [0.2, 0.25) is 0 Å². The second-order valence-electron chi connectivity index (χ2n) is 4.94. The van der Waals surface area contributed by atoms with E-state index in [1.165, 1.54) is 12.3 Å². The molecule has 2 rings (SSSR count). The third kappa shape index (κ3) is 2.39. The topological polar surface area (TPSA) is 85.3 Å². The van der Waals surface area contributed by atoms with Gasteiger partial charge in [0.25, 0.3) is 5.69 Å². The van der Waals surface area contributed by atoms with Crippen LogP contribution < -0.4 is 10.6 Å². The Hall–Kier alpha value is -1.40.